The van der Waals surface area contributed by atoms with Gasteiger partial charge in [0.25, 0.3) is 0 Å². The number of urea groups is 1. The number of carbonyl (C=O) groups excluding carboxylic acids is 2. The van der Waals surface area contributed by atoms with E-state index in [0.717, 1.165) is 31.5 Å². The number of hydrogen-bond acceptors (Lipinski definition) is 5. The molecule has 26 heavy (non-hydrogen) atoms. The van der Waals surface area contributed by atoms with Crippen molar-refractivity contribution in [3.8, 4) is 0 Å². The molecule has 3 rings (SSSR count). The second kappa shape index (κ2) is 9.28. The maximum Gasteiger partial charge on any atom is 0.321 e. The number of rotatable bonds is 7. The number of hydrogen-bond donors (Lipinski definition) is 3. The highest BCUT2D eigenvalue weighted by Crippen LogP contribution is 2.18. The largest absolute Gasteiger partial charge is 0.374 e. The van der Waals surface area contributed by atoms with Crippen LogP contribution in [0.25, 0.3) is 0 Å². The third kappa shape index (κ3) is 6.21. The highest BCUT2D eigenvalue weighted by atomic mass is 32.2. The Bertz CT molecular complexity index is 612. The van der Waals surface area contributed by atoms with E-state index in [1.54, 1.807) is 6.92 Å². The first-order valence-electron chi connectivity index (χ1n) is 9.37. The van der Waals surface area contributed by atoms with Crippen molar-refractivity contribution in [2.45, 2.75) is 38.3 Å². The predicted octanol–water partition coefficient (Wildman–Crippen LogP) is 2.07. The van der Waals surface area contributed by atoms with Crippen molar-refractivity contribution in [2.24, 2.45) is 0 Å². The van der Waals surface area contributed by atoms with Gasteiger partial charge in [0.05, 0.1) is 0 Å². The highest BCUT2D eigenvalue weighted by Gasteiger charge is 2.24. The summed E-state index contributed by atoms with van der Waals surface area (Å²) >= 11 is 2.03. The van der Waals surface area contributed by atoms with Crippen LogP contribution in [0.4, 0.5) is 10.5 Å². The van der Waals surface area contributed by atoms with Gasteiger partial charge in [-0.2, -0.15) is 11.8 Å². The lowest BCUT2D eigenvalue weighted by Gasteiger charge is -2.26. The molecule has 0 unspecified atom stereocenters. The summed E-state index contributed by atoms with van der Waals surface area (Å²) in [6.07, 6.45) is 3.04. The Kier molecular flexibility index (Phi) is 6.80. The van der Waals surface area contributed by atoms with E-state index in [9.17, 15) is 9.59 Å². The molecule has 0 bridgehead atoms. The monoisotopic (exact) mass is 376 g/mol. The van der Waals surface area contributed by atoms with E-state index in [1.807, 2.05) is 23.9 Å². The van der Waals surface area contributed by atoms with Crippen LogP contribution in [0.15, 0.2) is 24.3 Å². The third-order valence-corrected chi connectivity index (χ3v) is 5.64. The molecule has 2 fully saturated rings. The zero-order chi connectivity index (χ0) is 18.4. The molecule has 1 saturated heterocycles. The van der Waals surface area contributed by atoms with Gasteiger partial charge in [0.1, 0.15) is 6.04 Å². The molecule has 0 spiro atoms. The van der Waals surface area contributed by atoms with Gasteiger partial charge in [0, 0.05) is 42.9 Å². The van der Waals surface area contributed by atoms with Crippen LogP contribution in [0.3, 0.4) is 0 Å². The minimum atomic E-state index is -0.475. The van der Waals surface area contributed by atoms with Crippen molar-refractivity contribution < 1.29 is 9.59 Å². The number of amides is 3. The quantitative estimate of drug-likeness (QED) is 0.679. The first kappa shape index (κ1) is 19.0. The molecule has 0 radical (unpaired) electrons. The zero-order valence-corrected chi connectivity index (χ0v) is 16.1. The topological polar surface area (TPSA) is 73.5 Å². The number of anilines is 1. The zero-order valence-electron chi connectivity index (χ0n) is 15.3. The van der Waals surface area contributed by atoms with Gasteiger partial charge in [-0.05, 0) is 43.9 Å². The summed E-state index contributed by atoms with van der Waals surface area (Å²) in [7, 11) is 0. The fourth-order valence-corrected chi connectivity index (χ4v) is 3.84. The smallest absolute Gasteiger partial charge is 0.321 e. The van der Waals surface area contributed by atoms with E-state index in [2.05, 4.69) is 33.0 Å². The SMILES string of the molecule is C[C@H](Nc1ccc(CCN2CCSCC2)cc1)C(=O)NC(=O)NC1CC1. The lowest BCUT2D eigenvalue weighted by Crippen LogP contribution is -2.46. The number of nitrogens with zero attached hydrogens (tertiary/aromatic N) is 1. The average Bonchev–Trinajstić information content (AvgIpc) is 3.45. The summed E-state index contributed by atoms with van der Waals surface area (Å²) in [6, 6.07) is 7.55. The Morgan fingerprint density at radius 1 is 1.19 bits per heavy atom. The van der Waals surface area contributed by atoms with Gasteiger partial charge in [0.15, 0.2) is 0 Å². The molecular formula is C19H28N4O2S. The molecule has 3 amide bonds. The lowest BCUT2D eigenvalue weighted by molar-refractivity contribution is -0.120. The van der Waals surface area contributed by atoms with Crippen molar-refractivity contribution >= 4 is 29.4 Å². The number of imide groups is 1. The Morgan fingerprint density at radius 2 is 1.88 bits per heavy atom. The Labute approximate surface area is 159 Å². The van der Waals surface area contributed by atoms with E-state index < -0.39 is 12.1 Å². The molecule has 3 N–H and O–H groups in total. The molecule has 1 atom stereocenters. The van der Waals surface area contributed by atoms with Crippen LogP contribution >= 0.6 is 11.8 Å². The van der Waals surface area contributed by atoms with E-state index in [0.29, 0.717) is 0 Å². The fourth-order valence-electron chi connectivity index (χ4n) is 2.86. The van der Waals surface area contributed by atoms with Crippen LogP contribution in [-0.2, 0) is 11.2 Å². The maximum atomic E-state index is 12.1. The van der Waals surface area contributed by atoms with Crippen LogP contribution in [0.2, 0.25) is 0 Å². The van der Waals surface area contributed by atoms with E-state index in [-0.39, 0.29) is 11.9 Å². The molecular weight excluding hydrogens is 348 g/mol. The van der Waals surface area contributed by atoms with Gasteiger partial charge in [-0.15, -0.1) is 0 Å². The summed E-state index contributed by atoms with van der Waals surface area (Å²) in [5.74, 6) is 2.15. The van der Waals surface area contributed by atoms with Gasteiger partial charge < -0.3 is 15.5 Å². The minimum Gasteiger partial charge on any atom is -0.374 e. The highest BCUT2D eigenvalue weighted by molar-refractivity contribution is 7.99. The summed E-state index contributed by atoms with van der Waals surface area (Å²) in [5.41, 5.74) is 2.18. The molecule has 2 aliphatic rings. The predicted molar refractivity (Wildman–Crippen MR) is 107 cm³/mol. The minimum absolute atomic E-state index is 0.238. The number of carbonyl (C=O) groups is 2. The average molecular weight is 377 g/mol. The third-order valence-electron chi connectivity index (χ3n) is 4.70. The molecule has 1 aliphatic heterocycles. The summed E-state index contributed by atoms with van der Waals surface area (Å²) in [5, 5.41) is 8.27. The Hall–Kier alpha value is -1.73. The first-order valence-corrected chi connectivity index (χ1v) is 10.5. The van der Waals surface area contributed by atoms with Crippen molar-refractivity contribution in [2.75, 3.05) is 36.5 Å². The van der Waals surface area contributed by atoms with E-state index in [1.165, 1.54) is 30.2 Å². The lowest BCUT2D eigenvalue weighted by atomic mass is 10.1. The first-order chi connectivity index (χ1) is 12.6. The summed E-state index contributed by atoms with van der Waals surface area (Å²) in [6.45, 7) is 5.22. The second-order valence-electron chi connectivity index (χ2n) is 7.00. The van der Waals surface area contributed by atoms with Crippen LogP contribution in [-0.4, -0.2) is 60.1 Å². The Balaban J connectivity index is 1.40. The van der Waals surface area contributed by atoms with Crippen molar-refractivity contribution in [1.29, 1.82) is 0 Å². The molecule has 1 aliphatic carbocycles. The van der Waals surface area contributed by atoms with Gasteiger partial charge in [-0.1, -0.05) is 12.1 Å². The molecule has 7 heteroatoms. The summed E-state index contributed by atoms with van der Waals surface area (Å²) in [4.78, 5) is 26.2. The van der Waals surface area contributed by atoms with E-state index >= 15 is 0 Å². The van der Waals surface area contributed by atoms with Crippen LogP contribution in [0.5, 0.6) is 0 Å². The normalized spacial score (nSPS) is 18.8. The molecule has 142 valence electrons. The van der Waals surface area contributed by atoms with Gasteiger partial charge in [0.2, 0.25) is 5.91 Å². The number of thioether (sulfide) groups is 1. The molecule has 0 aromatic heterocycles. The Morgan fingerprint density at radius 3 is 2.54 bits per heavy atom. The fraction of sp³-hybridized carbons (Fsp3) is 0.579. The van der Waals surface area contributed by atoms with Gasteiger partial charge >= 0.3 is 6.03 Å². The van der Waals surface area contributed by atoms with Crippen LogP contribution < -0.4 is 16.0 Å². The standard InChI is InChI=1S/C19H28N4O2S/c1-14(18(24)22-19(25)21-17-6-7-17)20-16-4-2-15(3-5-16)8-9-23-10-12-26-13-11-23/h2-5,14,17,20H,6-13H2,1H3,(H2,21,22,24,25)/t14-/m0/s1. The number of nitrogens with one attached hydrogen (secondary N) is 3. The molecule has 1 saturated carbocycles. The van der Waals surface area contributed by atoms with Crippen molar-refractivity contribution in [3.63, 3.8) is 0 Å². The van der Waals surface area contributed by atoms with E-state index in [4.69, 9.17) is 0 Å². The van der Waals surface area contributed by atoms with Crippen LogP contribution in [0, 0.1) is 0 Å². The van der Waals surface area contributed by atoms with Gasteiger partial charge in [-0.3, -0.25) is 10.1 Å². The van der Waals surface area contributed by atoms with Crippen molar-refractivity contribution in [1.82, 2.24) is 15.5 Å². The molecule has 1 aromatic rings. The second-order valence-corrected chi connectivity index (χ2v) is 8.23. The summed E-state index contributed by atoms with van der Waals surface area (Å²) < 4.78 is 0. The maximum absolute atomic E-state index is 12.1. The molecule has 1 aromatic carbocycles. The van der Waals surface area contributed by atoms with Crippen LogP contribution in [0.1, 0.15) is 25.3 Å². The van der Waals surface area contributed by atoms with Gasteiger partial charge in [-0.25, -0.2) is 4.79 Å². The molecule has 6 nitrogen and oxygen atoms in total. The molecule has 1 heterocycles. The number of benzene rings is 1. The van der Waals surface area contributed by atoms with Crippen molar-refractivity contribution in [3.05, 3.63) is 29.8 Å².